The second-order valence-corrected chi connectivity index (χ2v) is 9.86. The number of rotatable bonds is 8. The van der Waals surface area contributed by atoms with Crippen molar-refractivity contribution in [1.29, 1.82) is 0 Å². The number of nitrogens with zero attached hydrogens (tertiary/aromatic N) is 2. The van der Waals surface area contributed by atoms with Gasteiger partial charge in [0.2, 0.25) is 0 Å². The molecule has 43 heavy (non-hydrogen) atoms. The molecular formula is C34H26F3N3O3. The number of ketones is 1. The molecule has 0 saturated heterocycles. The summed E-state index contributed by atoms with van der Waals surface area (Å²) in [5.41, 5.74) is 4.16. The van der Waals surface area contributed by atoms with Crippen LogP contribution in [0.3, 0.4) is 0 Å². The van der Waals surface area contributed by atoms with Crippen LogP contribution in [0.1, 0.15) is 34.7 Å². The second kappa shape index (κ2) is 12.7. The number of hydrogen-bond donors (Lipinski definition) is 1. The van der Waals surface area contributed by atoms with E-state index in [1.54, 1.807) is 36.7 Å². The van der Waals surface area contributed by atoms with Crippen molar-refractivity contribution in [3.63, 3.8) is 0 Å². The van der Waals surface area contributed by atoms with Gasteiger partial charge in [0, 0.05) is 23.3 Å². The van der Waals surface area contributed by atoms with Crippen LogP contribution in [0.15, 0.2) is 103 Å². The summed E-state index contributed by atoms with van der Waals surface area (Å²) in [6.45, 7) is 1.55. The Hall–Kier alpha value is -5.31. The Labute approximate surface area is 245 Å². The molecule has 0 radical (unpaired) electrons. The first-order valence-corrected chi connectivity index (χ1v) is 13.4. The van der Waals surface area contributed by atoms with E-state index in [2.05, 4.69) is 15.3 Å². The van der Waals surface area contributed by atoms with Crippen LogP contribution in [-0.2, 0) is 28.7 Å². The molecule has 0 bridgehead atoms. The van der Waals surface area contributed by atoms with E-state index in [0.29, 0.717) is 22.5 Å². The lowest BCUT2D eigenvalue weighted by Crippen LogP contribution is -2.14. The van der Waals surface area contributed by atoms with Crippen molar-refractivity contribution < 1.29 is 27.5 Å². The average Bonchev–Trinajstić information content (AvgIpc) is 3.00. The SMILES string of the molecule is CC(=O)/C=C/c1cnc2ccc(-c3ccc(NC(=O)OCc4ccccc4)nc3)cc2c1Cc1cccc(C(F)(F)F)c1. The summed E-state index contributed by atoms with van der Waals surface area (Å²) in [7, 11) is 0. The van der Waals surface area contributed by atoms with E-state index < -0.39 is 17.8 Å². The number of amides is 1. The Morgan fingerprint density at radius 2 is 1.63 bits per heavy atom. The zero-order valence-electron chi connectivity index (χ0n) is 23.1. The predicted molar refractivity (Wildman–Crippen MR) is 159 cm³/mol. The number of carbonyl (C=O) groups is 2. The molecule has 0 saturated carbocycles. The molecule has 0 unspecified atom stereocenters. The molecule has 0 fully saturated rings. The first-order valence-electron chi connectivity index (χ1n) is 13.4. The number of fused-ring (bicyclic) bond motifs is 1. The maximum absolute atomic E-state index is 13.4. The van der Waals surface area contributed by atoms with E-state index in [9.17, 15) is 22.8 Å². The second-order valence-electron chi connectivity index (χ2n) is 9.86. The zero-order chi connectivity index (χ0) is 30.4. The summed E-state index contributed by atoms with van der Waals surface area (Å²) in [4.78, 5) is 32.7. The van der Waals surface area contributed by atoms with Gasteiger partial charge in [0.25, 0.3) is 0 Å². The smallest absolute Gasteiger partial charge is 0.416 e. The minimum atomic E-state index is -4.46. The highest BCUT2D eigenvalue weighted by Crippen LogP contribution is 2.32. The molecule has 1 N–H and O–H groups in total. The molecule has 0 atom stereocenters. The lowest BCUT2D eigenvalue weighted by molar-refractivity contribution is -0.137. The summed E-state index contributed by atoms with van der Waals surface area (Å²) in [6, 6.07) is 23.5. The Morgan fingerprint density at radius 1 is 0.860 bits per heavy atom. The van der Waals surface area contributed by atoms with Crippen LogP contribution in [0.4, 0.5) is 23.8 Å². The summed E-state index contributed by atoms with van der Waals surface area (Å²) < 4.78 is 45.4. The van der Waals surface area contributed by atoms with Gasteiger partial charge < -0.3 is 4.74 Å². The van der Waals surface area contributed by atoms with Gasteiger partial charge in [-0.3, -0.25) is 15.1 Å². The molecule has 216 valence electrons. The van der Waals surface area contributed by atoms with Crippen LogP contribution in [0.25, 0.3) is 28.1 Å². The van der Waals surface area contributed by atoms with E-state index in [1.165, 1.54) is 19.1 Å². The molecule has 5 aromatic rings. The van der Waals surface area contributed by atoms with Crippen molar-refractivity contribution in [1.82, 2.24) is 9.97 Å². The molecule has 5 rings (SSSR count). The molecule has 0 aliphatic heterocycles. The Balaban J connectivity index is 1.43. The molecule has 1 amide bonds. The van der Waals surface area contributed by atoms with Gasteiger partial charge in [0.05, 0.1) is 11.1 Å². The predicted octanol–water partition coefficient (Wildman–Crippen LogP) is 8.26. The first kappa shape index (κ1) is 29.2. The number of alkyl halides is 3. The Morgan fingerprint density at radius 3 is 2.35 bits per heavy atom. The highest BCUT2D eigenvalue weighted by Gasteiger charge is 2.30. The molecule has 2 aromatic heterocycles. The van der Waals surface area contributed by atoms with Crippen molar-refractivity contribution in [2.24, 2.45) is 0 Å². The fourth-order valence-corrected chi connectivity index (χ4v) is 4.55. The average molecular weight is 582 g/mol. The van der Waals surface area contributed by atoms with Gasteiger partial charge in [-0.25, -0.2) is 9.78 Å². The van der Waals surface area contributed by atoms with Crippen LogP contribution < -0.4 is 5.32 Å². The third-order valence-corrected chi connectivity index (χ3v) is 6.69. The van der Waals surface area contributed by atoms with E-state index in [0.717, 1.165) is 39.8 Å². The number of ether oxygens (including phenoxy) is 1. The largest absolute Gasteiger partial charge is 0.444 e. The van der Waals surface area contributed by atoms with Gasteiger partial charge in [-0.1, -0.05) is 54.6 Å². The number of halogens is 3. The zero-order valence-corrected chi connectivity index (χ0v) is 23.1. The molecule has 0 spiro atoms. The normalized spacial score (nSPS) is 11.5. The fourth-order valence-electron chi connectivity index (χ4n) is 4.55. The molecule has 9 heteroatoms. The summed E-state index contributed by atoms with van der Waals surface area (Å²) >= 11 is 0. The van der Waals surface area contributed by atoms with Gasteiger partial charge in [0.15, 0.2) is 5.78 Å². The molecular weight excluding hydrogens is 555 g/mol. The van der Waals surface area contributed by atoms with Crippen molar-refractivity contribution in [2.75, 3.05) is 5.32 Å². The van der Waals surface area contributed by atoms with E-state index in [1.807, 2.05) is 48.5 Å². The minimum Gasteiger partial charge on any atom is -0.444 e. The number of pyridine rings is 2. The van der Waals surface area contributed by atoms with Gasteiger partial charge in [-0.05, 0) is 83.6 Å². The van der Waals surface area contributed by atoms with Crippen LogP contribution in [-0.4, -0.2) is 21.8 Å². The minimum absolute atomic E-state index is 0.127. The number of aromatic nitrogens is 2. The molecule has 0 aliphatic carbocycles. The number of benzene rings is 3. The van der Waals surface area contributed by atoms with Gasteiger partial charge >= 0.3 is 12.3 Å². The third kappa shape index (κ3) is 7.51. The van der Waals surface area contributed by atoms with Crippen molar-refractivity contribution >= 4 is 34.7 Å². The lowest BCUT2D eigenvalue weighted by Gasteiger charge is -2.14. The molecule has 0 aliphatic rings. The highest BCUT2D eigenvalue weighted by atomic mass is 19.4. The van der Waals surface area contributed by atoms with E-state index in [-0.39, 0.29) is 18.8 Å². The highest BCUT2D eigenvalue weighted by molar-refractivity contribution is 5.94. The van der Waals surface area contributed by atoms with Crippen molar-refractivity contribution in [3.05, 3.63) is 131 Å². The van der Waals surface area contributed by atoms with Crippen molar-refractivity contribution in [3.8, 4) is 11.1 Å². The summed E-state index contributed by atoms with van der Waals surface area (Å²) in [5, 5.41) is 3.33. The van der Waals surface area contributed by atoms with Gasteiger partial charge in [-0.2, -0.15) is 13.2 Å². The quantitative estimate of drug-likeness (QED) is 0.187. The van der Waals surface area contributed by atoms with Crippen LogP contribution in [0.2, 0.25) is 0 Å². The maximum Gasteiger partial charge on any atom is 0.416 e. The van der Waals surface area contributed by atoms with Crippen LogP contribution in [0, 0.1) is 0 Å². The molecule has 6 nitrogen and oxygen atoms in total. The molecule has 3 aromatic carbocycles. The first-order chi connectivity index (χ1) is 20.7. The monoisotopic (exact) mass is 581 g/mol. The fraction of sp³-hybridized carbons (Fsp3) is 0.118. The lowest BCUT2D eigenvalue weighted by atomic mass is 9.93. The number of carbonyl (C=O) groups excluding carboxylic acids is 2. The van der Waals surface area contributed by atoms with E-state index >= 15 is 0 Å². The number of nitrogens with one attached hydrogen (secondary N) is 1. The number of hydrogen-bond acceptors (Lipinski definition) is 5. The molecule has 2 heterocycles. The summed E-state index contributed by atoms with van der Waals surface area (Å²) in [5.74, 6) is 0.147. The van der Waals surface area contributed by atoms with Crippen molar-refractivity contribution in [2.45, 2.75) is 26.1 Å². The standard InChI is InChI=1S/C34H26F3N3O3/c1-22(41)10-11-27-20-38-31-14-12-25(18-30(31)29(27)17-24-8-5-9-28(16-24)34(35,36)37)26-13-15-32(39-19-26)40-33(42)43-21-23-6-3-2-4-7-23/h2-16,18-20H,17,21H2,1H3,(H,39,40,42)/b11-10+. The van der Waals surface area contributed by atoms with Crippen LogP contribution >= 0.6 is 0 Å². The topological polar surface area (TPSA) is 81.2 Å². The van der Waals surface area contributed by atoms with Gasteiger partial charge in [0.1, 0.15) is 12.4 Å². The number of anilines is 1. The maximum atomic E-state index is 13.4. The summed E-state index contributed by atoms with van der Waals surface area (Å²) in [6.07, 6.45) is 1.35. The van der Waals surface area contributed by atoms with Gasteiger partial charge in [-0.15, -0.1) is 0 Å². The Kier molecular flexibility index (Phi) is 8.61. The van der Waals surface area contributed by atoms with Crippen LogP contribution in [0.5, 0.6) is 0 Å². The van der Waals surface area contributed by atoms with E-state index in [4.69, 9.17) is 4.74 Å². The Bertz CT molecular complexity index is 1800. The third-order valence-electron chi connectivity index (χ3n) is 6.69. The number of allylic oxidation sites excluding steroid dienone is 1.